The highest BCUT2D eigenvalue weighted by Gasteiger charge is 2.12. The third kappa shape index (κ3) is 4.79. The molecule has 100 valence electrons. The highest BCUT2D eigenvalue weighted by Crippen LogP contribution is 2.16. The molecule has 1 fully saturated rings. The molecular weight excluding hydrogens is 220 g/mol. The molecular formula is C16H26N2. The number of nitrogens with zero attached hydrogens (tertiary/aromatic N) is 1. The van der Waals surface area contributed by atoms with Crippen molar-refractivity contribution in [1.82, 2.24) is 10.2 Å². The summed E-state index contributed by atoms with van der Waals surface area (Å²) >= 11 is 0. The van der Waals surface area contributed by atoms with Gasteiger partial charge in [-0.05, 0) is 63.8 Å². The van der Waals surface area contributed by atoms with Gasteiger partial charge in [-0.25, -0.2) is 0 Å². The van der Waals surface area contributed by atoms with Crippen molar-refractivity contribution < 1.29 is 0 Å². The van der Waals surface area contributed by atoms with Crippen LogP contribution in [-0.2, 0) is 6.54 Å². The van der Waals surface area contributed by atoms with Crippen molar-refractivity contribution >= 4 is 0 Å². The predicted molar refractivity (Wildman–Crippen MR) is 77.6 cm³/mol. The topological polar surface area (TPSA) is 15.3 Å². The van der Waals surface area contributed by atoms with Crippen LogP contribution in [0.5, 0.6) is 0 Å². The molecule has 0 aliphatic carbocycles. The maximum Gasteiger partial charge on any atom is 0.0230 e. The first-order valence-electron chi connectivity index (χ1n) is 7.28. The molecule has 1 heterocycles. The molecule has 1 aliphatic rings. The highest BCUT2D eigenvalue weighted by molar-refractivity contribution is 5.14. The van der Waals surface area contributed by atoms with Gasteiger partial charge in [-0.2, -0.15) is 0 Å². The Balaban J connectivity index is 1.61. The smallest absolute Gasteiger partial charge is 0.0230 e. The highest BCUT2D eigenvalue weighted by atomic mass is 15.1. The molecule has 0 aromatic heterocycles. The van der Waals surface area contributed by atoms with Crippen LogP contribution in [0.4, 0.5) is 0 Å². The van der Waals surface area contributed by atoms with Gasteiger partial charge in [-0.3, -0.25) is 0 Å². The van der Waals surface area contributed by atoms with Gasteiger partial charge >= 0.3 is 0 Å². The summed E-state index contributed by atoms with van der Waals surface area (Å²) in [7, 11) is 2.23. The van der Waals surface area contributed by atoms with Gasteiger partial charge < -0.3 is 10.2 Å². The van der Waals surface area contributed by atoms with E-state index in [1.54, 1.807) is 0 Å². The summed E-state index contributed by atoms with van der Waals surface area (Å²) in [6, 6.07) is 10.7. The largest absolute Gasteiger partial charge is 0.316 e. The van der Waals surface area contributed by atoms with E-state index in [1.165, 1.54) is 50.9 Å². The van der Waals surface area contributed by atoms with Crippen molar-refractivity contribution in [2.45, 2.75) is 32.2 Å². The third-order valence-corrected chi connectivity index (χ3v) is 3.85. The van der Waals surface area contributed by atoms with E-state index in [0.29, 0.717) is 0 Å². The Hall–Kier alpha value is -0.860. The Morgan fingerprint density at radius 2 is 2.11 bits per heavy atom. The summed E-state index contributed by atoms with van der Waals surface area (Å²) in [5.74, 6) is 0.920. The standard InChI is InChI=1S/C16H26N2/c1-18(14-16-7-3-2-4-8-16)12-6-10-15-9-5-11-17-13-15/h2-4,7-8,15,17H,5-6,9-14H2,1H3. The molecule has 18 heavy (non-hydrogen) atoms. The number of hydrogen-bond acceptors (Lipinski definition) is 2. The zero-order valence-corrected chi connectivity index (χ0v) is 11.6. The lowest BCUT2D eigenvalue weighted by Gasteiger charge is -2.24. The quantitative estimate of drug-likeness (QED) is 0.830. The fourth-order valence-corrected chi connectivity index (χ4v) is 2.79. The van der Waals surface area contributed by atoms with Crippen LogP contribution in [0.25, 0.3) is 0 Å². The van der Waals surface area contributed by atoms with Crippen molar-refractivity contribution in [1.29, 1.82) is 0 Å². The lowest BCUT2D eigenvalue weighted by Crippen LogP contribution is -2.30. The number of hydrogen-bond donors (Lipinski definition) is 1. The van der Waals surface area contributed by atoms with Crippen LogP contribution in [0.15, 0.2) is 30.3 Å². The molecule has 1 aromatic rings. The monoisotopic (exact) mass is 246 g/mol. The van der Waals surface area contributed by atoms with Crippen molar-refractivity contribution in [3.63, 3.8) is 0 Å². The first-order valence-corrected chi connectivity index (χ1v) is 7.28. The van der Waals surface area contributed by atoms with Gasteiger partial charge in [0.25, 0.3) is 0 Å². The molecule has 1 atom stereocenters. The molecule has 0 saturated carbocycles. The van der Waals surface area contributed by atoms with E-state index < -0.39 is 0 Å². The average molecular weight is 246 g/mol. The van der Waals surface area contributed by atoms with Gasteiger partial charge in [0.05, 0.1) is 0 Å². The lowest BCUT2D eigenvalue weighted by molar-refractivity contribution is 0.287. The van der Waals surface area contributed by atoms with E-state index in [2.05, 4.69) is 47.6 Å². The third-order valence-electron chi connectivity index (χ3n) is 3.85. The molecule has 0 spiro atoms. The van der Waals surface area contributed by atoms with E-state index in [9.17, 15) is 0 Å². The Morgan fingerprint density at radius 3 is 2.83 bits per heavy atom. The summed E-state index contributed by atoms with van der Waals surface area (Å²) < 4.78 is 0. The second-order valence-corrected chi connectivity index (χ2v) is 5.58. The number of nitrogens with one attached hydrogen (secondary N) is 1. The van der Waals surface area contributed by atoms with E-state index in [1.807, 2.05) is 0 Å². The SMILES string of the molecule is CN(CCCC1CCCNC1)Cc1ccccc1. The van der Waals surface area contributed by atoms with E-state index in [4.69, 9.17) is 0 Å². The lowest BCUT2D eigenvalue weighted by atomic mass is 9.95. The minimum absolute atomic E-state index is 0.920. The normalized spacial score (nSPS) is 20.2. The van der Waals surface area contributed by atoms with Crippen molar-refractivity contribution in [3.05, 3.63) is 35.9 Å². The van der Waals surface area contributed by atoms with E-state index in [0.717, 1.165) is 12.5 Å². The molecule has 1 N–H and O–H groups in total. The maximum absolute atomic E-state index is 3.50. The van der Waals surface area contributed by atoms with Gasteiger partial charge in [0.15, 0.2) is 0 Å². The second kappa shape index (κ2) is 7.55. The van der Waals surface area contributed by atoms with Crippen LogP contribution in [0.2, 0.25) is 0 Å². The van der Waals surface area contributed by atoms with Crippen LogP contribution in [0, 0.1) is 5.92 Å². The Kier molecular flexibility index (Phi) is 5.69. The molecule has 0 bridgehead atoms. The van der Waals surface area contributed by atoms with Crippen LogP contribution in [0.3, 0.4) is 0 Å². The summed E-state index contributed by atoms with van der Waals surface area (Å²) in [6.45, 7) is 4.75. The number of benzene rings is 1. The maximum atomic E-state index is 3.50. The fourth-order valence-electron chi connectivity index (χ4n) is 2.79. The van der Waals surface area contributed by atoms with Crippen LogP contribution >= 0.6 is 0 Å². The molecule has 1 aliphatic heterocycles. The van der Waals surface area contributed by atoms with Gasteiger partial charge in [0, 0.05) is 6.54 Å². The first kappa shape index (κ1) is 13.6. The summed E-state index contributed by atoms with van der Waals surface area (Å²) in [5, 5.41) is 3.50. The van der Waals surface area contributed by atoms with Crippen LogP contribution in [-0.4, -0.2) is 31.6 Å². The van der Waals surface area contributed by atoms with Crippen LogP contribution in [0.1, 0.15) is 31.2 Å². The van der Waals surface area contributed by atoms with Crippen molar-refractivity contribution in [2.75, 3.05) is 26.7 Å². The van der Waals surface area contributed by atoms with Gasteiger partial charge in [-0.15, -0.1) is 0 Å². The number of piperidine rings is 1. The molecule has 0 amide bonds. The number of rotatable bonds is 6. The van der Waals surface area contributed by atoms with Gasteiger partial charge in [0.2, 0.25) is 0 Å². The molecule has 1 unspecified atom stereocenters. The average Bonchev–Trinajstić information content (AvgIpc) is 2.41. The molecule has 2 heteroatoms. The Morgan fingerprint density at radius 1 is 1.28 bits per heavy atom. The summed E-state index contributed by atoms with van der Waals surface area (Å²) in [5.41, 5.74) is 1.42. The molecule has 2 nitrogen and oxygen atoms in total. The van der Waals surface area contributed by atoms with Crippen molar-refractivity contribution in [2.24, 2.45) is 5.92 Å². The second-order valence-electron chi connectivity index (χ2n) is 5.58. The molecule has 1 saturated heterocycles. The minimum atomic E-state index is 0.920. The van der Waals surface area contributed by atoms with Gasteiger partial charge in [0.1, 0.15) is 0 Å². The predicted octanol–water partition coefficient (Wildman–Crippen LogP) is 2.90. The molecule has 0 radical (unpaired) electrons. The zero-order valence-electron chi connectivity index (χ0n) is 11.6. The van der Waals surface area contributed by atoms with Crippen molar-refractivity contribution in [3.8, 4) is 0 Å². The summed E-state index contributed by atoms with van der Waals surface area (Å²) in [6.07, 6.45) is 5.50. The van der Waals surface area contributed by atoms with Gasteiger partial charge in [-0.1, -0.05) is 30.3 Å². The Labute approximate surface area is 111 Å². The van der Waals surface area contributed by atoms with E-state index in [-0.39, 0.29) is 0 Å². The zero-order chi connectivity index (χ0) is 12.6. The molecule has 1 aromatic carbocycles. The fraction of sp³-hybridized carbons (Fsp3) is 0.625. The summed E-state index contributed by atoms with van der Waals surface area (Å²) in [4.78, 5) is 2.44. The first-order chi connectivity index (χ1) is 8.84. The van der Waals surface area contributed by atoms with E-state index >= 15 is 0 Å². The van der Waals surface area contributed by atoms with Crippen LogP contribution < -0.4 is 5.32 Å². The minimum Gasteiger partial charge on any atom is -0.316 e. The molecule has 2 rings (SSSR count). The Bertz CT molecular complexity index is 317.